The largest absolute Gasteiger partial charge is 0.366 e. The van der Waals surface area contributed by atoms with Crippen molar-refractivity contribution in [1.82, 2.24) is 4.90 Å². The number of piperidine rings is 1. The molecule has 7 nitrogen and oxygen atoms in total. The van der Waals surface area contributed by atoms with E-state index in [0.29, 0.717) is 37.2 Å². The minimum absolute atomic E-state index is 0.00335. The quantitative estimate of drug-likeness (QED) is 0.627. The van der Waals surface area contributed by atoms with Gasteiger partial charge in [-0.15, -0.1) is 0 Å². The number of nitro benzene ring substituents is 1. The van der Waals surface area contributed by atoms with Crippen LogP contribution >= 0.6 is 0 Å². The minimum atomic E-state index is -0.437. The van der Waals surface area contributed by atoms with Gasteiger partial charge >= 0.3 is 0 Å². The number of carbonyl (C=O) groups excluding carboxylic acids is 1. The Balaban J connectivity index is 2.19. The molecule has 1 aromatic rings. The second-order valence-corrected chi connectivity index (χ2v) is 5.57. The fourth-order valence-electron chi connectivity index (χ4n) is 2.73. The van der Waals surface area contributed by atoms with E-state index in [1.807, 2.05) is 11.0 Å². The molecule has 0 saturated carbocycles. The Kier molecular flexibility index (Phi) is 4.61. The number of carbonyl (C=O) groups is 1. The zero-order valence-corrected chi connectivity index (χ0v) is 12.7. The summed E-state index contributed by atoms with van der Waals surface area (Å²) in [6.07, 6.45) is 1.32. The van der Waals surface area contributed by atoms with Crippen LogP contribution in [-0.2, 0) is 4.79 Å². The topological polar surface area (TPSA) is 90.5 Å². The van der Waals surface area contributed by atoms with Gasteiger partial charge in [0, 0.05) is 39.2 Å². The van der Waals surface area contributed by atoms with Crippen molar-refractivity contribution in [3.8, 4) is 6.07 Å². The number of rotatable bonds is 3. The van der Waals surface area contributed by atoms with E-state index in [-0.39, 0.29) is 17.5 Å². The summed E-state index contributed by atoms with van der Waals surface area (Å²) in [5.74, 6) is 0.0596. The summed E-state index contributed by atoms with van der Waals surface area (Å²) in [6, 6.07) is 6.37. The first kappa shape index (κ1) is 15.8. The number of nitrogens with zero attached hydrogens (tertiary/aromatic N) is 4. The van der Waals surface area contributed by atoms with Gasteiger partial charge < -0.3 is 9.80 Å². The standard InChI is InChI=1S/C15H18N4O3/c1-17(2)15(20)12-5-7-18(8-6-12)14-9-11(10-16)3-4-13(14)19(21)22/h3-4,9,12H,5-8H2,1-2H3. The van der Waals surface area contributed by atoms with E-state index in [4.69, 9.17) is 5.26 Å². The normalized spacial score (nSPS) is 15.2. The molecule has 2 rings (SSSR count). The summed E-state index contributed by atoms with van der Waals surface area (Å²) >= 11 is 0. The first-order valence-corrected chi connectivity index (χ1v) is 7.08. The van der Waals surface area contributed by atoms with Crippen molar-refractivity contribution in [2.75, 3.05) is 32.1 Å². The molecule has 1 aromatic carbocycles. The maximum absolute atomic E-state index is 12.0. The molecule has 1 saturated heterocycles. The van der Waals surface area contributed by atoms with E-state index < -0.39 is 4.92 Å². The third-order valence-electron chi connectivity index (χ3n) is 3.93. The Morgan fingerprint density at radius 3 is 2.55 bits per heavy atom. The van der Waals surface area contributed by atoms with E-state index in [1.165, 1.54) is 12.1 Å². The van der Waals surface area contributed by atoms with Crippen LogP contribution in [0.2, 0.25) is 0 Å². The van der Waals surface area contributed by atoms with Gasteiger partial charge in [0.2, 0.25) is 5.91 Å². The van der Waals surface area contributed by atoms with Gasteiger partial charge in [0.05, 0.1) is 16.6 Å². The Labute approximate surface area is 128 Å². The monoisotopic (exact) mass is 302 g/mol. The maximum Gasteiger partial charge on any atom is 0.292 e. The lowest BCUT2D eigenvalue weighted by Crippen LogP contribution is -2.40. The molecule has 7 heteroatoms. The van der Waals surface area contributed by atoms with Gasteiger partial charge in [0.1, 0.15) is 5.69 Å². The predicted molar refractivity (Wildman–Crippen MR) is 81.4 cm³/mol. The van der Waals surface area contributed by atoms with Crippen molar-refractivity contribution in [2.45, 2.75) is 12.8 Å². The summed E-state index contributed by atoms with van der Waals surface area (Å²) in [5.41, 5.74) is 0.850. The fourth-order valence-corrected chi connectivity index (χ4v) is 2.73. The van der Waals surface area contributed by atoms with Crippen molar-refractivity contribution < 1.29 is 9.72 Å². The second kappa shape index (κ2) is 6.43. The summed E-state index contributed by atoms with van der Waals surface area (Å²) in [5, 5.41) is 20.1. The van der Waals surface area contributed by atoms with Crippen LogP contribution in [0.25, 0.3) is 0 Å². The highest BCUT2D eigenvalue weighted by Crippen LogP contribution is 2.32. The number of anilines is 1. The zero-order valence-electron chi connectivity index (χ0n) is 12.7. The highest BCUT2D eigenvalue weighted by Gasteiger charge is 2.29. The number of hydrogen-bond donors (Lipinski definition) is 0. The molecule has 0 bridgehead atoms. The maximum atomic E-state index is 12.0. The molecular weight excluding hydrogens is 284 g/mol. The molecule has 0 unspecified atom stereocenters. The molecule has 1 amide bonds. The van der Waals surface area contributed by atoms with Crippen LogP contribution in [0.3, 0.4) is 0 Å². The predicted octanol–water partition coefficient (Wildman–Crippen LogP) is 1.77. The number of nitro groups is 1. The highest BCUT2D eigenvalue weighted by atomic mass is 16.6. The van der Waals surface area contributed by atoms with Gasteiger partial charge in [0.25, 0.3) is 5.69 Å². The number of nitriles is 1. The molecule has 0 N–H and O–H groups in total. The molecule has 1 aliphatic heterocycles. The highest BCUT2D eigenvalue weighted by molar-refractivity contribution is 5.78. The van der Waals surface area contributed by atoms with Crippen LogP contribution < -0.4 is 4.90 Å². The summed E-state index contributed by atoms with van der Waals surface area (Å²) < 4.78 is 0. The minimum Gasteiger partial charge on any atom is -0.366 e. The summed E-state index contributed by atoms with van der Waals surface area (Å²) in [4.78, 5) is 26.2. The smallest absolute Gasteiger partial charge is 0.292 e. The van der Waals surface area contributed by atoms with Crippen LogP contribution in [-0.4, -0.2) is 42.9 Å². The Morgan fingerprint density at radius 1 is 1.41 bits per heavy atom. The first-order valence-electron chi connectivity index (χ1n) is 7.08. The average molecular weight is 302 g/mol. The van der Waals surface area contributed by atoms with Crippen LogP contribution in [0, 0.1) is 27.4 Å². The number of hydrogen-bond acceptors (Lipinski definition) is 5. The average Bonchev–Trinajstić information content (AvgIpc) is 2.53. The van der Waals surface area contributed by atoms with Crippen LogP contribution in [0.5, 0.6) is 0 Å². The van der Waals surface area contributed by atoms with Crippen molar-refractivity contribution in [3.05, 3.63) is 33.9 Å². The van der Waals surface area contributed by atoms with Crippen LogP contribution in [0.15, 0.2) is 18.2 Å². The van der Waals surface area contributed by atoms with Crippen molar-refractivity contribution in [1.29, 1.82) is 5.26 Å². The SMILES string of the molecule is CN(C)C(=O)C1CCN(c2cc(C#N)ccc2[N+](=O)[O-])CC1. The molecule has 0 spiro atoms. The lowest BCUT2D eigenvalue weighted by molar-refractivity contribution is -0.384. The molecule has 0 atom stereocenters. The lowest BCUT2D eigenvalue weighted by atomic mass is 9.95. The molecule has 22 heavy (non-hydrogen) atoms. The molecule has 1 aliphatic rings. The van der Waals surface area contributed by atoms with Gasteiger partial charge in [-0.1, -0.05) is 0 Å². The Hall–Kier alpha value is -2.62. The van der Waals surface area contributed by atoms with Gasteiger partial charge in [0.15, 0.2) is 0 Å². The Bertz CT molecular complexity index is 628. The van der Waals surface area contributed by atoms with Gasteiger partial charge in [-0.25, -0.2) is 0 Å². The molecule has 1 fully saturated rings. The zero-order chi connectivity index (χ0) is 16.3. The van der Waals surface area contributed by atoms with E-state index in [1.54, 1.807) is 25.1 Å². The lowest BCUT2D eigenvalue weighted by Gasteiger charge is -2.33. The van der Waals surface area contributed by atoms with Crippen molar-refractivity contribution >= 4 is 17.3 Å². The second-order valence-electron chi connectivity index (χ2n) is 5.57. The summed E-state index contributed by atoms with van der Waals surface area (Å²) in [6.45, 7) is 1.14. The molecular formula is C15H18N4O3. The fraction of sp³-hybridized carbons (Fsp3) is 0.467. The molecule has 0 aliphatic carbocycles. The molecule has 0 radical (unpaired) electrons. The van der Waals surface area contributed by atoms with E-state index >= 15 is 0 Å². The summed E-state index contributed by atoms with van der Waals surface area (Å²) in [7, 11) is 3.46. The molecule has 116 valence electrons. The van der Waals surface area contributed by atoms with Crippen LogP contribution in [0.1, 0.15) is 18.4 Å². The molecule has 0 aromatic heterocycles. The first-order chi connectivity index (χ1) is 10.4. The number of amides is 1. The van der Waals surface area contributed by atoms with E-state index in [2.05, 4.69) is 0 Å². The molecule has 1 heterocycles. The third kappa shape index (κ3) is 3.17. The van der Waals surface area contributed by atoms with E-state index in [0.717, 1.165) is 0 Å². The van der Waals surface area contributed by atoms with Crippen molar-refractivity contribution in [2.24, 2.45) is 5.92 Å². The number of benzene rings is 1. The van der Waals surface area contributed by atoms with Crippen LogP contribution in [0.4, 0.5) is 11.4 Å². The van der Waals surface area contributed by atoms with Crippen molar-refractivity contribution in [3.63, 3.8) is 0 Å². The Morgan fingerprint density at radius 2 is 2.05 bits per heavy atom. The third-order valence-corrected chi connectivity index (χ3v) is 3.93. The van der Waals surface area contributed by atoms with Gasteiger partial charge in [-0.2, -0.15) is 5.26 Å². The van der Waals surface area contributed by atoms with Gasteiger partial charge in [-0.05, 0) is 25.0 Å². The van der Waals surface area contributed by atoms with E-state index in [9.17, 15) is 14.9 Å². The van der Waals surface area contributed by atoms with Gasteiger partial charge in [-0.3, -0.25) is 14.9 Å².